The lowest BCUT2D eigenvalue weighted by atomic mass is 10.2. The first-order chi connectivity index (χ1) is 4.63. The number of nitrogens with one attached hydrogen (secondary N) is 1. The fourth-order valence-corrected chi connectivity index (χ4v) is 0.919. The number of aliphatic hydroxyl groups excluding tert-OH is 1. The largest absolute Gasteiger partial charge is 0.480 e. The van der Waals surface area contributed by atoms with E-state index in [1.807, 2.05) is 0 Å². The lowest BCUT2D eigenvalue weighted by Crippen LogP contribution is -2.37. The second-order valence-corrected chi connectivity index (χ2v) is 2.24. The van der Waals surface area contributed by atoms with Gasteiger partial charge >= 0.3 is 5.97 Å². The number of halogens is 1. The Balaban J connectivity index is 2.57. The van der Waals surface area contributed by atoms with Crippen LogP contribution in [0.25, 0.3) is 0 Å². The maximum absolute atomic E-state index is 12.5. The van der Waals surface area contributed by atoms with Gasteiger partial charge in [-0.3, -0.25) is 10.1 Å². The molecule has 0 aliphatic carbocycles. The van der Waals surface area contributed by atoms with Crippen molar-refractivity contribution < 1.29 is 19.4 Å². The van der Waals surface area contributed by atoms with Gasteiger partial charge in [-0.25, -0.2) is 4.39 Å². The van der Waals surface area contributed by atoms with E-state index in [1.165, 1.54) is 0 Å². The van der Waals surface area contributed by atoms with Crippen molar-refractivity contribution in [3.8, 4) is 0 Å². The van der Waals surface area contributed by atoms with E-state index in [4.69, 9.17) is 10.2 Å². The molecule has 3 N–H and O–H groups in total. The highest BCUT2D eigenvalue weighted by Crippen LogP contribution is 2.11. The molecular formula is C5H8FNO3. The van der Waals surface area contributed by atoms with Crippen molar-refractivity contribution in [3.63, 3.8) is 0 Å². The minimum atomic E-state index is -1.68. The molecule has 1 heterocycles. The predicted molar refractivity (Wildman–Crippen MR) is 30.3 cm³/mol. The van der Waals surface area contributed by atoms with Gasteiger partial charge in [0, 0.05) is 6.54 Å². The van der Waals surface area contributed by atoms with E-state index in [-0.39, 0.29) is 6.54 Å². The third kappa shape index (κ3) is 1.10. The summed E-state index contributed by atoms with van der Waals surface area (Å²) in [6.07, 6.45) is -2.86. The number of carboxylic acids is 1. The topological polar surface area (TPSA) is 69.6 Å². The molecule has 0 bridgehead atoms. The molecule has 1 aliphatic rings. The summed E-state index contributed by atoms with van der Waals surface area (Å²) in [5.74, 6) is -1.26. The molecule has 1 aliphatic heterocycles. The Morgan fingerprint density at radius 1 is 1.70 bits per heavy atom. The molecule has 10 heavy (non-hydrogen) atoms. The molecule has 4 nitrogen and oxygen atoms in total. The molecule has 5 heteroatoms. The number of hydrogen-bond donors (Lipinski definition) is 3. The molecule has 1 rings (SSSR count). The number of hydrogen-bond acceptors (Lipinski definition) is 3. The predicted octanol–water partition coefficient (Wildman–Crippen LogP) is -1.26. The molecule has 0 aromatic carbocycles. The molecule has 0 aromatic rings. The zero-order valence-electron chi connectivity index (χ0n) is 5.12. The number of alkyl halides is 1. The second-order valence-electron chi connectivity index (χ2n) is 2.24. The number of aliphatic hydroxyl groups is 1. The number of β-amino-alcohol motifs (C(OH)–C–C–N with tert-alkyl or cyclic N) is 1. The summed E-state index contributed by atoms with van der Waals surface area (Å²) in [7, 11) is 0. The van der Waals surface area contributed by atoms with Gasteiger partial charge in [-0.05, 0) is 0 Å². The fourth-order valence-electron chi connectivity index (χ4n) is 0.919. The molecule has 0 radical (unpaired) electrons. The first-order valence-electron chi connectivity index (χ1n) is 2.91. The first-order valence-corrected chi connectivity index (χ1v) is 2.91. The normalized spacial score (nSPS) is 40.0. The van der Waals surface area contributed by atoms with Crippen molar-refractivity contribution in [2.75, 3.05) is 6.54 Å². The molecule has 1 fully saturated rings. The van der Waals surface area contributed by atoms with Gasteiger partial charge in [-0.2, -0.15) is 0 Å². The quantitative estimate of drug-likeness (QED) is 0.435. The summed E-state index contributed by atoms with van der Waals surface area (Å²) in [4.78, 5) is 10.1. The molecule has 0 saturated carbocycles. The Kier molecular flexibility index (Phi) is 1.87. The van der Waals surface area contributed by atoms with Gasteiger partial charge in [0.25, 0.3) is 0 Å². The first kappa shape index (κ1) is 7.43. The van der Waals surface area contributed by atoms with Gasteiger partial charge in [-0.1, -0.05) is 0 Å². The van der Waals surface area contributed by atoms with E-state index in [0.29, 0.717) is 0 Å². The summed E-state index contributed by atoms with van der Waals surface area (Å²) in [6, 6.07) is -1.24. The lowest BCUT2D eigenvalue weighted by Gasteiger charge is -2.07. The van der Waals surface area contributed by atoms with Gasteiger partial charge in [-0.15, -0.1) is 0 Å². The molecule has 2 unspecified atom stereocenters. The van der Waals surface area contributed by atoms with Gasteiger partial charge in [0.2, 0.25) is 0 Å². The van der Waals surface area contributed by atoms with Gasteiger partial charge in [0.1, 0.15) is 6.04 Å². The summed E-state index contributed by atoms with van der Waals surface area (Å²) >= 11 is 0. The third-order valence-corrected chi connectivity index (χ3v) is 1.50. The SMILES string of the molecule is O=C(O)[C@H]1NCC(O)C1F. The zero-order chi connectivity index (χ0) is 7.72. The number of carboxylic acid groups (broad SMARTS) is 1. The smallest absolute Gasteiger partial charge is 0.323 e. The molecule has 58 valence electrons. The van der Waals surface area contributed by atoms with E-state index >= 15 is 0 Å². The average Bonchev–Trinajstić information content (AvgIpc) is 2.14. The van der Waals surface area contributed by atoms with E-state index in [0.717, 1.165) is 0 Å². The maximum atomic E-state index is 12.5. The van der Waals surface area contributed by atoms with Crippen LogP contribution in [0.5, 0.6) is 0 Å². The van der Waals surface area contributed by atoms with Crippen LogP contribution in [-0.2, 0) is 4.79 Å². The van der Waals surface area contributed by atoms with Crippen molar-refractivity contribution in [3.05, 3.63) is 0 Å². The molecule has 0 spiro atoms. The summed E-state index contributed by atoms with van der Waals surface area (Å²) in [6.45, 7) is 0.0120. The summed E-state index contributed by atoms with van der Waals surface area (Å²) < 4.78 is 12.5. The second kappa shape index (κ2) is 2.51. The summed E-state index contributed by atoms with van der Waals surface area (Å²) in [5.41, 5.74) is 0. The van der Waals surface area contributed by atoms with Crippen molar-refractivity contribution in [2.45, 2.75) is 18.3 Å². The van der Waals surface area contributed by atoms with Crippen LogP contribution in [0.1, 0.15) is 0 Å². The lowest BCUT2D eigenvalue weighted by molar-refractivity contribution is -0.140. The van der Waals surface area contributed by atoms with Crippen LogP contribution in [0.4, 0.5) is 4.39 Å². The van der Waals surface area contributed by atoms with Crippen molar-refractivity contribution in [1.29, 1.82) is 0 Å². The van der Waals surface area contributed by atoms with Crippen molar-refractivity contribution in [2.24, 2.45) is 0 Å². The van der Waals surface area contributed by atoms with Crippen LogP contribution >= 0.6 is 0 Å². The van der Waals surface area contributed by atoms with E-state index in [9.17, 15) is 9.18 Å². The van der Waals surface area contributed by atoms with Gasteiger partial charge in [0.15, 0.2) is 6.17 Å². The van der Waals surface area contributed by atoms with Crippen LogP contribution in [-0.4, -0.2) is 41.0 Å². The number of rotatable bonds is 1. The monoisotopic (exact) mass is 149 g/mol. The van der Waals surface area contributed by atoms with Crippen LogP contribution < -0.4 is 5.32 Å². The van der Waals surface area contributed by atoms with Gasteiger partial charge in [0.05, 0.1) is 6.10 Å². The Bertz CT molecular complexity index is 152. The van der Waals surface area contributed by atoms with E-state index in [1.54, 1.807) is 0 Å². The molecule has 0 aromatic heterocycles. The van der Waals surface area contributed by atoms with E-state index in [2.05, 4.69) is 5.32 Å². The Morgan fingerprint density at radius 2 is 2.30 bits per heavy atom. The van der Waals surface area contributed by atoms with Crippen LogP contribution in [0.15, 0.2) is 0 Å². The molecule has 1 saturated heterocycles. The highest BCUT2D eigenvalue weighted by molar-refractivity contribution is 5.74. The minimum absolute atomic E-state index is 0.0120. The Hall–Kier alpha value is -0.680. The maximum Gasteiger partial charge on any atom is 0.323 e. The van der Waals surface area contributed by atoms with Crippen LogP contribution in [0.3, 0.4) is 0 Å². The minimum Gasteiger partial charge on any atom is -0.480 e. The van der Waals surface area contributed by atoms with Crippen LogP contribution in [0, 0.1) is 0 Å². The van der Waals surface area contributed by atoms with Crippen molar-refractivity contribution in [1.82, 2.24) is 5.32 Å². The number of aliphatic carboxylic acids is 1. The molecule has 0 amide bonds. The van der Waals surface area contributed by atoms with E-state index < -0.39 is 24.3 Å². The highest BCUT2D eigenvalue weighted by Gasteiger charge is 2.39. The van der Waals surface area contributed by atoms with Crippen molar-refractivity contribution >= 4 is 5.97 Å². The van der Waals surface area contributed by atoms with Gasteiger partial charge < -0.3 is 10.2 Å². The Morgan fingerprint density at radius 3 is 2.50 bits per heavy atom. The average molecular weight is 149 g/mol. The summed E-state index contributed by atoms with van der Waals surface area (Å²) in [5, 5.41) is 19.3. The standard InChI is InChI=1S/C5H8FNO3/c6-3-2(8)1-7-4(3)5(9)10/h2-4,7-8H,1H2,(H,9,10)/t2?,3?,4-/m0/s1. The zero-order valence-corrected chi connectivity index (χ0v) is 5.12. The molecule has 3 atom stereocenters. The molecular weight excluding hydrogens is 141 g/mol. The number of carbonyl (C=O) groups is 1. The third-order valence-electron chi connectivity index (χ3n) is 1.50. The highest BCUT2D eigenvalue weighted by atomic mass is 19.1. The Labute approximate surface area is 56.7 Å². The fraction of sp³-hybridized carbons (Fsp3) is 0.800. The van der Waals surface area contributed by atoms with Crippen LogP contribution in [0.2, 0.25) is 0 Å².